The van der Waals surface area contributed by atoms with Crippen LogP contribution in [-0.2, 0) is 6.54 Å². The zero-order valence-electron chi connectivity index (χ0n) is 17.1. The van der Waals surface area contributed by atoms with Crippen LogP contribution in [0.4, 0.5) is 5.82 Å². The van der Waals surface area contributed by atoms with E-state index in [1.807, 2.05) is 53.1 Å². The fourth-order valence-corrected chi connectivity index (χ4v) is 3.51. The van der Waals surface area contributed by atoms with Crippen LogP contribution in [0.5, 0.6) is 0 Å². The highest BCUT2D eigenvalue weighted by atomic mass is 16.3. The summed E-state index contributed by atoms with van der Waals surface area (Å²) in [5.41, 5.74) is 9.37. The topological polar surface area (TPSA) is 102 Å². The Labute approximate surface area is 175 Å². The summed E-state index contributed by atoms with van der Waals surface area (Å²) in [5, 5.41) is 13.8. The number of aliphatic hydroxyl groups is 1. The number of aliphatic hydroxyl groups excluding tert-OH is 1. The van der Waals surface area contributed by atoms with Crippen LogP contribution in [0.3, 0.4) is 0 Å². The van der Waals surface area contributed by atoms with Crippen molar-refractivity contribution in [1.29, 1.82) is 0 Å². The predicted molar refractivity (Wildman–Crippen MR) is 118 cm³/mol. The molecule has 0 aliphatic carbocycles. The Morgan fingerprint density at radius 2 is 1.67 bits per heavy atom. The van der Waals surface area contributed by atoms with Crippen LogP contribution in [0.1, 0.15) is 42.8 Å². The molecule has 0 aliphatic heterocycles. The number of imidazole rings is 1. The number of hydrogen-bond acceptors (Lipinski definition) is 6. The maximum absolute atomic E-state index is 10.4. The number of anilines is 1. The first-order chi connectivity index (χ1) is 14.5. The van der Waals surface area contributed by atoms with Gasteiger partial charge in [0, 0.05) is 12.6 Å². The van der Waals surface area contributed by atoms with E-state index in [0.29, 0.717) is 29.4 Å². The summed E-state index contributed by atoms with van der Waals surface area (Å²) in [4.78, 5) is 14.1. The van der Waals surface area contributed by atoms with E-state index < -0.39 is 12.1 Å². The van der Waals surface area contributed by atoms with Gasteiger partial charge >= 0.3 is 0 Å². The molecule has 154 valence electrons. The van der Waals surface area contributed by atoms with Crippen LogP contribution in [0.15, 0.2) is 67.0 Å². The summed E-state index contributed by atoms with van der Waals surface area (Å²) in [5.74, 6) is 0.532. The highest BCUT2D eigenvalue weighted by Gasteiger charge is 2.26. The average Bonchev–Trinajstić information content (AvgIpc) is 3.18. The van der Waals surface area contributed by atoms with Crippen molar-refractivity contribution in [2.45, 2.75) is 38.6 Å². The molecule has 4 aromatic rings. The molecule has 0 amide bonds. The van der Waals surface area contributed by atoms with Crippen LogP contribution in [0, 0.1) is 0 Å². The zero-order chi connectivity index (χ0) is 21.1. The molecular formula is C23H26N6O. The maximum atomic E-state index is 10.4. The van der Waals surface area contributed by atoms with Crippen molar-refractivity contribution in [2.24, 2.45) is 5.73 Å². The number of benzene rings is 2. The van der Waals surface area contributed by atoms with E-state index in [4.69, 9.17) is 15.7 Å². The van der Waals surface area contributed by atoms with Crippen molar-refractivity contribution in [1.82, 2.24) is 19.5 Å². The standard InChI is InChI=1S/C23H26N6O/c1-15(2)29-14-26-19-22(25-13-16-9-5-3-6-10-16)27-21(28-23(19)29)18(20(24)30)17-11-7-4-8-12-17/h3-12,14-15,18,20,30H,13,24H2,1-2H3,(H,25,27,28)/t18-,20?/m1/s1. The second kappa shape index (κ2) is 8.61. The van der Waals surface area contributed by atoms with Crippen molar-refractivity contribution in [3.8, 4) is 0 Å². The second-order valence-corrected chi connectivity index (χ2v) is 7.57. The number of rotatable bonds is 7. The van der Waals surface area contributed by atoms with Crippen molar-refractivity contribution < 1.29 is 5.11 Å². The average molecular weight is 403 g/mol. The van der Waals surface area contributed by atoms with Gasteiger partial charge < -0.3 is 20.7 Å². The largest absolute Gasteiger partial charge is 0.378 e. The predicted octanol–water partition coefficient (Wildman–Crippen LogP) is 3.43. The number of hydrogen-bond donors (Lipinski definition) is 3. The fraction of sp³-hybridized carbons (Fsp3) is 0.261. The molecule has 0 bridgehead atoms. The van der Waals surface area contributed by atoms with Gasteiger partial charge in [0.25, 0.3) is 0 Å². The summed E-state index contributed by atoms with van der Waals surface area (Å²) in [6.45, 7) is 4.75. The summed E-state index contributed by atoms with van der Waals surface area (Å²) in [6, 6.07) is 19.9. The lowest BCUT2D eigenvalue weighted by Gasteiger charge is -2.20. The molecule has 7 heteroatoms. The molecule has 2 aromatic heterocycles. The lowest BCUT2D eigenvalue weighted by Crippen LogP contribution is -2.30. The van der Waals surface area contributed by atoms with E-state index in [9.17, 15) is 5.11 Å². The highest BCUT2D eigenvalue weighted by Crippen LogP contribution is 2.29. The van der Waals surface area contributed by atoms with Crippen molar-refractivity contribution in [2.75, 3.05) is 5.32 Å². The Bertz CT molecular complexity index is 1110. The molecule has 0 aliphatic rings. The van der Waals surface area contributed by atoms with Crippen LogP contribution >= 0.6 is 0 Å². The molecule has 30 heavy (non-hydrogen) atoms. The highest BCUT2D eigenvalue weighted by molar-refractivity contribution is 5.83. The van der Waals surface area contributed by atoms with Gasteiger partial charge in [0.05, 0.1) is 12.2 Å². The molecule has 0 saturated carbocycles. The Morgan fingerprint density at radius 3 is 2.30 bits per heavy atom. The third kappa shape index (κ3) is 4.03. The molecule has 0 spiro atoms. The van der Waals surface area contributed by atoms with E-state index >= 15 is 0 Å². The third-order valence-electron chi connectivity index (χ3n) is 5.08. The first kappa shape index (κ1) is 20.0. The number of fused-ring (bicyclic) bond motifs is 1. The molecule has 2 aromatic carbocycles. The Hall–Kier alpha value is -3.29. The minimum Gasteiger partial charge on any atom is -0.378 e. The van der Waals surface area contributed by atoms with Crippen molar-refractivity contribution in [3.63, 3.8) is 0 Å². The lowest BCUT2D eigenvalue weighted by atomic mass is 9.96. The van der Waals surface area contributed by atoms with Gasteiger partial charge in [-0.2, -0.15) is 0 Å². The molecule has 2 heterocycles. The first-order valence-corrected chi connectivity index (χ1v) is 10.1. The van der Waals surface area contributed by atoms with Gasteiger partial charge in [-0.15, -0.1) is 0 Å². The maximum Gasteiger partial charge on any atom is 0.166 e. The quantitative estimate of drug-likeness (QED) is 0.409. The van der Waals surface area contributed by atoms with Gasteiger partial charge in [-0.3, -0.25) is 0 Å². The third-order valence-corrected chi connectivity index (χ3v) is 5.08. The van der Waals surface area contributed by atoms with Crippen LogP contribution < -0.4 is 11.1 Å². The van der Waals surface area contributed by atoms with Crippen LogP contribution in [-0.4, -0.2) is 30.9 Å². The van der Waals surface area contributed by atoms with E-state index in [-0.39, 0.29) is 6.04 Å². The van der Waals surface area contributed by atoms with E-state index in [0.717, 1.165) is 11.1 Å². The van der Waals surface area contributed by atoms with E-state index in [1.54, 1.807) is 6.33 Å². The minimum absolute atomic E-state index is 0.178. The van der Waals surface area contributed by atoms with Gasteiger partial charge in [-0.25, -0.2) is 15.0 Å². The van der Waals surface area contributed by atoms with E-state index in [1.165, 1.54) is 0 Å². The van der Waals surface area contributed by atoms with Crippen LogP contribution in [0.2, 0.25) is 0 Å². The minimum atomic E-state index is -1.14. The Balaban J connectivity index is 1.82. The van der Waals surface area contributed by atoms with Gasteiger partial charge in [-0.05, 0) is 25.0 Å². The summed E-state index contributed by atoms with van der Waals surface area (Å²) >= 11 is 0. The SMILES string of the molecule is CC(C)n1cnc2c(NCc3ccccc3)nc([C@H](c3ccccc3)C(N)O)nc21. The molecule has 0 radical (unpaired) electrons. The first-order valence-electron chi connectivity index (χ1n) is 10.1. The monoisotopic (exact) mass is 402 g/mol. The zero-order valence-corrected chi connectivity index (χ0v) is 17.1. The van der Waals surface area contributed by atoms with Gasteiger partial charge in [0.1, 0.15) is 17.6 Å². The Morgan fingerprint density at radius 1 is 1.00 bits per heavy atom. The molecule has 0 fully saturated rings. The summed E-state index contributed by atoms with van der Waals surface area (Å²) < 4.78 is 2.00. The molecule has 4 N–H and O–H groups in total. The number of nitrogens with two attached hydrogens (primary N) is 1. The number of nitrogens with one attached hydrogen (secondary N) is 1. The smallest absolute Gasteiger partial charge is 0.166 e. The van der Waals surface area contributed by atoms with Crippen molar-refractivity contribution in [3.05, 3.63) is 83.9 Å². The summed E-state index contributed by atoms with van der Waals surface area (Å²) in [7, 11) is 0. The normalized spacial score (nSPS) is 13.5. The van der Waals surface area contributed by atoms with Crippen molar-refractivity contribution >= 4 is 17.0 Å². The molecule has 4 rings (SSSR count). The number of nitrogens with zero attached hydrogens (tertiary/aromatic N) is 4. The molecule has 7 nitrogen and oxygen atoms in total. The van der Waals surface area contributed by atoms with Crippen LogP contribution in [0.25, 0.3) is 11.2 Å². The summed E-state index contributed by atoms with van der Waals surface area (Å²) in [6.07, 6.45) is 0.639. The van der Waals surface area contributed by atoms with Gasteiger partial charge in [0.2, 0.25) is 0 Å². The van der Waals surface area contributed by atoms with E-state index in [2.05, 4.69) is 36.3 Å². The lowest BCUT2D eigenvalue weighted by molar-refractivity contribution is 0.161. The molecule has 0 saturated heterocycles. The molecule has 2 atom stereocenters. The van der Waals surface area contributed by atoms with Gasteiger partial charge in [-0.1, -0.05) is 60.7 Å². The van der Waals surface area contributed by atoms with Gasteiger partial charge in [0.15, 0.2) is 11.5 Å². The molecule has 1 unspecified atom stereocenters. The Kier molecular flexibility index (Phi) is 5.74. The fourth-order valence-electron chi connectivity index (χ4n) is 3.51. The molecular weight excluding hydrogens is 376 g/mol. The number of aromatic nitrogens is 4. The second-order valence-electron chi connectivity index (χ2n) is 7.57.